The summed E-state index contributed by atoms with van der Waals surface area (Å²) in [6.45, 7) is 0. The van der Waals surface area contributed by atoms with Gasteiger partial charge in [-0.15, -0.1) is 0 Å². The fourth-order valence-electron chi connectivity index (χ4n) is 0. The predicted octanol–water partition coefficient (Wildman–Crippen LogP) is -18.4. The quantitative estimate of drug-likeness (QED) is 0.367. The van der Waals surface area contributed by atoms with Gasteiger partial charge in [0, 0.05) is 0 Å². The van der Waals surface area contributed by atoms with Crippen LogP contribution in [0, 0.1) is 41.7 Å². The molecule has 0 aromatic heterocycles. The van der Waals surface area contributed by atoms with Gasteiger partial charge in [-0.3, -0.25) is 0 Å². The molecule has 0 aromatic rings. The molecule has 1 radical (unpaired) electrons. The third-order valence-corrected chi connectivity index (χ3v) is 0. The van der Waals surface area contributed by atoms with E-state index in [9.17, 15) is 0 Å². The molecule has 8 heteroatoms. The van der Waals surface area contributed by atoms with Crippen LogP contribution in [0.15, 0.2) is 0 Å². The fourth-order valence-corrected chi connectivity index (χ4v) is 0. The molecule has 0 unspecified atom stereocenters. The van der Waals surface area contributed by atoms with Gasteiger partial charge in [0.2, 0.25) is 0 Å². The Bertz CT molecular complexity index is 8.49. The normalized spacial score (nSPS) is 0. The van der Waals surface area contributed by atoms with Crippen LogP contribution in [0.5, 0.6) is 0 Å². The first-order chi connectivity index (χ1) is 0. The number of halogens is 6. The Morgan fingerprint density at radius 3 is 0.375 bits per heavy atom. The first-order valence-corrected chi connectivity index (χ1v) is 0. The summed E-state index contributed by atoms with van der Waals surface area (Å²) in [7, 11) is 0. The topological polar surface area (TPSA) is 0 Å². The summed E-state index contributed by atoms with van der Waals surface area (Å²) >= 11 is 0. The Morgan fingerprint density at radius 2 is 0.375 bits per heavy atom. The molecule has 0 N–H and O–H groups in total. The fraction of sp³-hybridized carbons (Fsp3) is 0. The molecule has 0 atom stereocenters. The largest absolute Gasteiger partial charge is 3.00 e. The van der Waals surface area contributed by atoms with Crippen LogP contribution < -0.4 is 74.4 Å². The maximum absolute atomic E-state index is 0. The van der Waals surface area contributed by atoms with Crippen molar-refractivity contribution in [2.24, 2.45) is 0 Å². The average molecular weight is 380 g/mol. The van der Waals surface area contributed by atoms with Crippen molar-refractivity contribution in [3.63, 3.8) is 0 Å². The van der Waals surface area contributed by atoms with Gasteiger partial charge in [-0.25, -0.2) is 0 Å². The summed E-state index contributed by atoms with van der Waals surface area (Å²) in [5.41, 5.74) is 0. The predicted molar refractivity (Wildman–Crippen MR) is 5.75 cm³/mol. The molecule has 0 aliphatic carbocycles. The second-order valence-electron chi connectivity index (χ2n) is 0. The molecule has 0 nitrogen and oxygen atoms in total. The molecule has 0 amide bonds. The molecule has 8 heavy (non-hydrogen) atoms. The van der Waals surface area contributed by atoms with Gasteiger partial charge in [0.15, 0.2) is 0 Å². The van der Waals surface area contributed by atoms with E-state index < -0.39 is 0 Å². The zero-order valence-electron chi connectivity index (χ0n) is 3.35. The molecule has 0 rings (SSSR count). The number of hydrogen-bond acceptors (Lipinski definition) is 0. The molecular formula is AlCeCl6. The molecule has 0 bridgehead atoms. The Hall–Kier alpha value is 3.65. The van der Waals surface area contributed by atoms with E-state index in [4.69, 9.17) is 0 Å². The number of hydrogen-bond donors (Lipinski definition) is 0. The van der Waals surface area contributed by atoms with Gasteiger partial charge in [-0.05, 0) is 0 Å². The van der Waals surface area contributed by atoms with Crippen molar-refractivity contribution in [3.05, 3.63) is 0 Å². The molecule has 0 saturated carbocycles. The average Bonchev–Trinajstić information content (AvgIpc) is 0. The molecule has 0 aromatic carbocycles. The van der Waals surface area contributed by atoms with Crippen LogP contribution in [0.25, 0.3) is 0 Å². The Balaban J connectivity index is 0. The molecule has 0 aliphatic heterocycles. The molecule has 0 aliphatic rings. The van der Waals surface area contributed by atoms with E-state index >= 15 is 0 Å². The van der Waals surface area contributed by atoms with Gasteiger partial charge in [0.05, 0.1) is 0 Å². The molecule has 0 spiro atoms. The molecule has 0 saturated heterocycles. The van der Waals surface area contributed by atoms with Crippen LogP contribution in [0.3, 0.4) is 0 Å². The van der Waals surface area contributed by atoms with Gasteiger partial charge in [-0.2, -0.15) is 0 Å². The van der Waals surface area contributed by atoms with E-state index in [0.717, 1.165) is 0 Å². The maximum Gasteiger partial charge on any atom is 3.00 e. The first-order valence-electron chi connectivity index (χ1n) is 0. The summed E-state index contributed by atoms with van der Waals surface area (Å²) in [4.78, 5) is 0. The summed E-state index contributed by atoms with van der Waals surface area (Å²) in [5.74, 6) is 0. The summed E-state index contributed by atoms with van der Waals surface area (Å²) in [6, 6.07) is 0. The Kier molecular flexibility index (Phi) is 923. The van der Waals surface area contributed by atoms with Crippen molar-refractivity contribution in [3.8, 4) is 0 Å². The van der Waals surface area contributed by atoms with Gasteiger partial charge < -0.3 is 74.4 Å². The maximum atomic E-state index is 0. The van der Waals surface area contributed by atoms with Crippen LogP contribution in [-0.4, -0.2) is 17.4 Å². The van der Waals surface area contributed by atoms with Crippen molar-refractivity contribution in [1.29, 1.82) is 0 Å². The zero-order chi connectivity index (χ0) is 0. The van der Waals surface area contributed by atoms with Gasteiger partial charge >= 0.3 is 59.1 Å². The van der Waals surface area contributed by atoms with Crippen LogP contribution in [0.1, 0.15) is 0 Å². The SMILES string of the molecule is [Al+3].[Ce+3].[Cl-].[Cl-].[Cl-].[Cl-].[Cl-].[Cl-]. The van der Waals surface area contributed by atoms with Gasteiger partial charge in [-0.1, -0.05) is 0 Å². The first kappa shape index (κ1) is 99.2. The van der Waals surface area contributed by atoms with Crippen LogP contribution in [0.2, 0.25) is 0 Å². The Morgan fingerprint density at radius 1 is 0.375 bits per heavy atom. The standard InChI is InChI=1S/Al.Ce.6ClH/h;;6*1H/q2*+3;;;;;;/p-6. The van der Waals surface area contributed by atoms with Crippen molar-refractivity contribution < 1.29 is 116 Å². The monoisotopic (exact) mass is 377 g/mol. The third-order valence-electron chi connectivity index (χ3n) is 0. The zero-order valence-corrected chi connectivity index (χ0v) is 12.2. The molecular weight excluding hydrogens is 380 g/mol. The van der Waals surface area contributed by atoms with Crippen molar-refractivity contribution in [1.82, 2.24) is 0 Å². The van der Waals surface area contributed by atoms with Crippen molar-refractivity contribution in [2.45, 2.75) is 0 Å². The van der Waals surface area contributed by atoms with E-state index in [2.05, 4.69) is 0 Å². The van der Waals surface area contributed by atoms with Crippen LogP contribution in [0.4, 0.5) is 0 Å². The van der Waals surface area contributed by atoms with E-state index in [0.29, 0.717) is 0 Å². The molecule has 0 fully saturated rings. The summed E-state index contributed by atoms with van der Waals surface area (Å²) in [6.07, 6.45) is 0. The Labute approximate surface area is 131 Å². The van der Waals surface area contributed by atoms with E-state index in [1.54, 1.807) is 0 Å². The number of rotatable bonds is 0. The smallest absolute Gasteiger partial charge is 1.00 e. The van der Waals surface area contributed by atoms with E-state index in [1.807, 2.05) is 0 Å². The van der Waals surface area contributed by atoms with Crippen molar-refractivity contribution >= 4 is 17.4 Å². The summed E-state index contributed by atoms with van der Waals surface area (Å²) in [5, 5.41) is 0. The van der Waals surface area contributed by atoms with Gasteiger partial charge in [0.1, 0.15) is 0 Å². The van der Waals surface area contributed by atoms with Crippen LogP contribution >= 0.6 is 0 Å². The molecule has 0 heterocycles. The second-order valence-corrected chi connectivity index (χ2v) is 0. The third kappa shape index (κ3) is 54.2. The molecule has 49 valence electrons. The van der Waals surface area contributed by atoms with Gasteiger partial charge in [0.25, 0.3) is 0 Å². The van der Waals surface area contributed by atoms with Crippen LogP contribution in [-0.2, 0) is 0 Å². The second kappa shape index (κ2) is 74.5. The minimum atomic E-state index is 0. The summed E-state index contributed by atoms with van der Waals surface area (Å²) < 4.78 is 0. The van der Waals surface area contributed by atoms with E-state index in [-0.39, 0.29) is 134 Å². The minimum absolute atomic E-state index is 0. The van der Waals surface area contributed by atoms with Crippen molar-refractivity contribution in [2.75, 3.05) is 0 Å². The minimum Gasteiger partial charge on any atom is -1.00 e. The van der Waals surface area contributed by atoms with E-state index in [1.165, 1.54) is 0 Å².